The van der Waals surface area contributed by atoms with E-state index in [0.29, 0.717) is 6.61 Å². The number of methoxy groups -OCH3 is 2. The van der Waals surface area contributed by atoms with Crippen LogP contribution in [0.5, 0.6) is 0 Å². The minimum atomic E-state index is 0.0991. The highest BCUT2D eigenvalue weighted by molar-refractivity contribution is 5.20. The average molecular weight is 224 g/mol. The van der Waals surface area contributed by atoms with Gasteiger partial charge in [-0.15, -0.1) is 0 Å². The lowest BCUT2D eigenvalue weighted by atomic mass is 10.1. The zero-order valence-corrected chi connectivity index (χ0v) is 10.2. The van der Waals surface area contributed by atoms with Crippen molar-refractivity contribution >= 4 is 0 Å². The van der Waals surface area contributed by atoms with Crippen LogP contribution in [0.4, 0.5) is 0 Å². The van der Waals surface area contributed by atoms with Gasteiger partial charge in [-0.2, -0.15) is 0 Å². The van der Waals surface area contributed by atoms with Crippen molar-refractivity contribution in [1.82, 2.24) is 10.3 Å². The van der Waals surface area contributed by atoms with Crippen molar-refractivity contribution in [1.29, 1.82) is 0 Å². The SMILES string of the molecule is COCC(CNCc1cnccc1C)OC. The Morgan fingerprint density at radius 2 is 2.25 bits per heavy atom. The first-order chi connectivity index (χ1) is 7.77. The lowest BCUT2D eigenvalue weighted by molar-refractivity contribution is 0.0288. The second-order valence-corrected chi connectivity index (χ2v) is 3.75. The van der Waals surface area contributed by atoms with Crippen LogP contribution in [0.25, 0.3) is 0 Å². The van der Waals surface area contributed by atoms with Crippen LogP contribution in [-0.2, 0) is 16.0 Å². The molecule has 90 valence electrons. The average Bonchev–Trinajstić information content (AvgIpc) is 2.30. The Morgan fingerprint density at radius 1 is 1.44 bits per heavy atom. The molecule has 1 heterocycles. The van der Waals surface area contributed by atoms with Gasteiger partial charge in [0.05, 0.1) is 12.7 Å². The third-order valence-electron chi connectivity index (χ3n) is 2.52. The summed E-state index contributed by atoms with van der Waals surface area (Å²) >= 11 is 0. The number of hydrogen-bond donors (Lipinski definition) is 1. The van der Waals surface area contributed by atoms with Gasteiger partial charge in [-0.3, -0.25) is 4.98 Å². The van der Waals surface area contributed by atoms with E-state index in [1.165, 1.54) is 11.1 Å². The Labute approximate surface area is 97.0 Å². The van der Waals surface area contributed by atoms with Crippen molar-refractivity contribution in [2.45, 2.75) is 19.6 Å². The molecule has 0 saturated heterocycles. The number of pyridine rings is 1. The molecule has 0 aliphatic carbocycles. The molecule has 1 unspecified atom stereocenters. The van der Waals surface area contributed by atoms with E-state index in [9.17, 15) is 0 Å². The molecule has 1 aromatic heterocycles. The third-order valence-corrected chi connectivity index (χ3v) is 2.52. The van der Waals surface area contributed by atoms with E-state index < -0.39 is 0 Å². The van der Waals surface area contributed by atoms with Crippen LogP contribution in [0.15, 0.2) is 18.5 Å². The Bertz CT molecular complexity index is 305. The minimum absolute atomic E-state index is 0.0991. The summed E-state index contributed by atoms with van der Waals surface area (Å²) in [6, 6.07) is 2.01. The quantitative estimate of drug-likeness (QED) is 0.754. The molecule has 0 bridgehead atoms. The smallest absolute Gasteiger partial charge is 0.0928 e. The van der Waals surface area contributed by atoms with Gasteiger partial charge in [0.1, 0.15) is 0 Å². The topological polar surface area (TPSA) is 43.4 Å². The number of hydrogen-bond acceptors (Lipinski definition) is 4. The van der Waals surface area contributed by atoms with E-state index in [0.717, 1.165) is 13.1 Å². The van der Waals surface area contributed by atoms with Gasteiger partial charge >= 0.3 is 0 Å². The lowest BCUT2D eigenvalue weighted by Crippen LogP contribution is -2.31. The monoisotopic (exact) mass is 224 g/mol. The molecule has 1 N–H and O–H groups in total. The van der Waals surface area contributed by atoms with Gasteiger partial charge in [-0.25, -0.2) is 0 Å². The van der Waals surface area contributed by atoms with Crippen molar-refractivity contribution < 1.29 is 9.47 Å². The van der Waals surface area contributed by atoms with Crippen LogP contribution in [0.3, 0.4) is 0 Å². The molecule has 0 aliphatic heterocycles. The number of aryl methyl sites for hydroxylation is 1. The Hall–Kier alpha value is -0.970. The van der Waals surface area contributed by atoms with E-state index in [2.05, 4.69) is 17.2 Å². The molecule has 0 aromatic carbocycles. The zero-order chi connectivity index (χ0) is 11.8. The van der Waals surface area contributed by atoms with Gasteiger partial charge in [0.25, 0.3) is 0 Å². The highest BCUT2D eigenvalue weighted by atomic mass is 16.5. The van der Waals surface area contributed by atoms with Crippen LogP contribution in [-0.4, -0.2) is 38.5 Å². The number of nitrogens with one attached hydrogen (secondary N) is 1. The maximum atomic E-state index is 5.26. The van der Waals surface area contributed by atoms with Crippen molar-refractivity contribution in [3.05, 3.63) is 29.6 Å². The van der Waals surface area contributed by atoms with Crippen molar-refractivity contribution in [3.8, 4) is 0 Å². The summed E-state index contributed by atoms with van der Waals surface area (Å²) in [5.41, 5.74) is 2.47. The molecular formula is C12H20N2O2. The van der Waals surface area contributed by atoms with Crippen LogP contribution in [0.1, 0.15) is 11.1 Å². The highest BCUT2D eigenvalue weighted by Crippen LogP contribution is 2.04. The number of ether oxygens (including phenoxy) is 2. The zero-order valence-electron chi connectivity index (χ0n) is 10.2. The Morgan fingerprint density at radius 3 is 2.88 bits per heavy atom. The first kappa shape index (κ1) is 13.1. The largest absolute Gasteiger partial charge is 0.382 e. The summed E-state index contributed by atoms with van der Waals surface area (Å²) in [6.07, 6.45) is 3.80. The molecule has 0 aliphatic rings. The van der Waals surface area contributed by atoms with Gasteiger partial charge in [0.15, 0.2) is 0 Å². The summed E-state index contributed by atoms with van der Waals surface area (Å²) in [5, 5.41) is 3.33. The van der Waals surface area contributed by atoms with E-state index in [-0.39, 0.29) is 6.10 Å². The van der Waals surface area contributed by atoms with Gasteiger partial charge in [-0.05, 0) is 24.1 Å². The van der Waals surface area contributed by atoms with Gasteiger partial charge < -0.3 is 14.8 Å². The second kappa shape index (κ2) is 7.33. The van der Waals surface area contributed by atoms with E-state index in [1.54, 1.807) is 14.2 Å². The molecule has 0 fully saturated rings. The normalized spacial score (nSPS) is 12.7. The predicted molar refractivity (Wildman–Crippen MR) is 63.4 cm³/mol. The maximum absolute atomic E-state index is 5.26. The maximum Gasteiger partial charge on any atom is 0.0928 e. The number of nitrogens with zero attached hydrogens (tertiary/aromatic N) is 1. The molecule has 0 spiro atoms. The van der Waals surface area contributed by atoms with Crippen molar-refractivity contribution in [2.24, 2.45) is 0 Å². The van der Waals surface area contributed by atoms with Crippen LogP contribution in [0, 0.1) is 6.92 Å². The fraction of sp³-hybridized carbons (Fsp3) is 0.583. The fourth-order valence-corrected chi connectivity index (χ4v) is 1.45. The standard InChI is InChI=1S/C12H20N2O2/c1-10-4-5-13-6-11(10)7-14-8-12(16-3)9-15-2/h4-6,12,14H,7-9H2,1-3H3. The van der Waals surface area contributed by atoms with Crippen LogP contribution < -0.4 is 5.32 Å². The predicted octanol–water partition coefficient (Wildman–Crippen LogP) is 1.14. The number of aromatic nitrogens is 1. The Balaban J connectivity index is 2.32. The first-order valence-corrected chi connectivity index (χ1v) is 5.40. The summed E-state index contributed by atoms with van der Waals surface area (Å²) in [6.45, 7) is 4.28. The summed E-state index contributed by atoms with van der Waals surface area (Å²) in [5.74, 6) is 0. The van der Waals surface area contributed by atoms with Gasteiger partial charge in [0, 0.05) is 39.7 Å². The second-order valence-electron chi connectivity index (χ2n) is 3.75. The van der Waals surface area contributed by atoms with E-state index in [4.69, 9.17) is 9.47 Å². The summed E-state index contributed by atoms with van der Waals surface area (Å²) < 4.78 is 10.3. The van der Waals surface area contributed by atoms with Gasteiger partial charge in [0.2, 0.25) is 0 Å². The lowest BCUT2D eigenvalue weighted by Gasteiger charge is -2.15. The minimum Gasteiger partial charge on any atom is -0.382 e. The van der Waals surface area contributed by atoms with Gasteiger partial charge in [-0.1, -0.05) is 0 Å². The molecular weight excluding hydrogens is 204 g/mol. The summed E-state index contributed by atoms with van der Waals surface area (Å²) in [7, 11) is 3.37. The third kappa shape index (κ3) is 4.26. The molecule has 4 nitrogen and oxygen atoms in total. The molecule has 0 saturated carbocycles. The Kier molecular flexibility index (Phi) is 6.00. The van der Waals surface area contributed by atoms with Crippen LogP contribution >= 0.6 is 0 Å². The molecule has 4 heteroatoms. The molecule has 16 heavy (non-hydrogen) atoms. The van der Waals surface area contributed by atoms with E-state index >= 15 is 0 Å². The highest BCUT2D eigenvalue weighted by Gasteiger charge is 2.06. The molecule has 1 atom stereocenters. The fourth-order valence-electron chi connectivity index (χ4n) is 1.45. The molecule has 1 aromatic rings. The molecule has 0 amide bonds. The van der Waals surface area contributed by atoms with Crippen molar-refractivity contribution in [2.75, 3.05) is 27.4 Å². The molecule has 1 rings (SSSR count). The first-order valence-electron chi connectivity index (χ1n) is 5.40. The molecule has 0 radical (unpaired) electrons. The number of rotatable bonds is 7. The van der Waals surface area contributed by atoms with E-state index in [1.807, 2.05) is 18.5 Å². The summed E-state index contributed by atoms with van der Waals surface area (Å²) in [4.78, 5) is 4.10. The van der Waals surface area contributed by atoms with Crippen LogP contribution in [0.2, 0.25) is 0 Å². The van der Waals surface area contributed by atoms with Crippen molar-refractivity contribution in [3.63, 3.8) is 0 Å².